The molecule has 1 atom stereocenters. The Bertz CT molecular complexity index is 852. The highest BCUT2D eigenvalue weighted by Gasteiger charge is 2.32. The molecule has 1 heterocycles. The summed E-state index contributed by atoms with van der Waals surface area (Å²) in [5.74, 6) is -1.34. The lowest BCUT2D eigenvalue weighted by Gasteiger charge is -2.24. The fraction of sp³-hybridized carbons (Fsp3) is 0.364. The van der Waals surface area contributed by atoms with Crippen LogP contribution in [0.5, 0.6) is 0 Å². The highest BCUT2D eigenvalue weighted by atomic mass is 19.1. The number of amides is 2. The highest BCUT2D eigenvalue weighted by molar-refractivity contribution is 5.82. The average molecular weight is 386 g/mol. The van der Waals surface area contributed by atoms with Crippen LogP contribution in [0.15, 0.2) is 42.5 Å². The van der Waals surface area contributed by atoms with Gasteiger partial charge in [0.05, 0.1) is 0 Å². The van der Waals surface area contributed by atoms with Gasteiger partial charge in [0.15, 0.2) is 0 Å². The lowest BCUT2D eigenvalue weighted by Crippen LogP contribution is -2.37. The molecule has 1 fully saturated rings. The minimum absolute atomic E-state index is 0.0618. The number of rotatable bonds is 7. The Labute approximate surface area is 163 Å². The van der Waals surface area contributed by atoms with E-state index >= 15 is 0 Å². The van der Waals surface area contributed by atoms with Gasteiger partial charge in [-0.05, 0) is 37.0 Å². The molecule has 3 rings (SSSR count). The summed E-state index contributed by atoms with van der Waals surface area (Å²) in [6, 6.07) is 11.3. The van der Waals surface area contributed by atoms with Crippen molar-refractivity contribution in [1.82, 2.24) is 10.2 Å². The minimum atomic E-state index is -0.621. The summed E-state index contributed by atoms with van der Waals surface area (Å²) < 4.78 is 26.6. The molecule has 1 unspecified atom stereocenters. The number of nitrogens with zero attached hydrogens (tertiary/aromatic N) is 1. The fourth-order valence-electron chi connectivity index (χ4n) is 3.46. The number of halogens is 2. The molecule has 1 aliphatic heterocycles. The zero-order valence-corrected chi connectivity index (χ0v) is 15.9. The van der Waals surface area contributed by atoms with Crippen LogP contribution in [0.25, 0.3) is 0 Å². The van der Waals surface area contributed by atoms with Gasteiger partial charge in [0, 0.05) is 38.0 Å². The monoisotopic (exact) mass is 386 g/mol. The van der Waals surface area contributed by atoms with Crippen molar-refractivity contribution in [3.63, 3.8) is 0 Å². The third kappa shape index (κ3) is 5.15. The van der Waals surface area contributed by atoms with Crippen molar-refractivity contribution in [3.8, 4) is 0 Å². The van der Waals surface area contributed by atoms with E-state index in [2.05, 4.69) is 5.32 Å². The van der Waals surface area contributed by atoms with Gasteiger partial charge in [-0.15, -0.1) is 0 Å². The van der Waals surface area contributed by atoms with Crippen molar-refractivity contribution in [1.29, 1.82) is 0 Å². The topological polar surface area (TPSA) is 49.4 Å². The second-order valence-electron chi connectivity index (χ2n) is 7.24. The average Bonchev–Trinajstić information content (AvgIpc) is 2.98. The fourth-order valence-corrected chi connectivity index (χ4v) is 3.46. The molecule has 1 N–H and O–H groups in total. The summed E-state index contributed by atoms with van der Waals surface area (Å²) in [4.78, 5) is 26.3. The number of carbonyl (C=O) groups excluding carboxylic acids is 2. The molecule has 1 saturated heterocycles. The molecule has 148 valence electrons. The zero-order valence-electron chi connectivity index (χ0n) is 15.9. The van der Waals surface area contributed by atoms with Gasteiger partial charge < -0.3 is 10.2 Å². The largest absolute Gasteiger partial charge is 0.356 e. The van der Waals surface area contributed by atoms with Gasteiger partial charge in [-0.3, -0.25) is 9.59 Å². The quantitative estimate of drug-likeness (QED) is 0.792. The molecule has 0 aliphatic carbocycles. The molecule has 4 nitrogen and oxygen atoms in total. The van der Waals surface area contributed by atoms with E-state index in [4.69, 9.17) is 0 Å². The van der Waals surface area contributed by atoms with Gasteiger partial charge in [0.2, 0.25) is 11.8 Å². The van der Waals surface area contributed by atoms with Gasteiger partial charge in [-0.1, -0.05) is 35.9 Å². The summed E-state index contributed by atoms with van der Waals surface area (Å²) in [7, 11) is 0. The summed E-state index contributed by atoms with van der Waals surface area (Å²) in [5.41, 5.74) is 2.56. The van der Waals surface area contributed by atoms with E-state index in [9.17, 15) is 18.4 Å². The van der Waals surface area contributed by atoms with E-state index < -0.39 is 11.6 Å². The lowest BCUT2D eigenvalue weighted by atomic mass is 10.1. The normalized spacial score (nSPS) is 16.5. The number of likely N-dealkylation sites (tertiary alicyclic amines) is 1. The van der Waals surface area contributed by atoms with E-state index in [-0.39, 0.29) is 37.2 Å². The number of nitrogens with one attached hydrogen (secondary N) is 1. The molecular formula is C22H24F2N2O2. The van der Waals surface area contributed by atoms with Crippen LogP contribution >= 0.6 is 0 Å². The molecule has 0 radical (unpaired) electrons. The van der Waals surface area contributed by atoms with Crippen LogP contribution in [0, 0.1) is 18.6 Å². The predicted molar refractivity (Wildman–Crippen MR) is 102 cm³/mol. The smallest absolute Gasteiger partial charge is 0.223 e. The molecule has 2 aromatic rings. The standard InChI is InChI=1S/C22H24F2N2O2/c1-15-2-4-16(5-3-15)14-26-19(8-9-22(26)28)13-21(27)25-11-10-17-6-7-18(23)12-20(17)24/h2-7,12,19H,8-11,13-14H2,1H3,(H,25,27). The van der Waals surface area contributed by atoms with Crippen molar-refractivity contribution in [3.05, 3.63) is 70.8 Å². The maximum atomic E-state index is 13.6. The molecule has 0 saturated carbocycles. The third-order valence-corrected chi connectivity index (χ3v) is 5.08. The van der Waals surface area contributed by atoms with Gasteiger partial charge >= 0.3 is 0 Å². The van der Waals surface area contributed by atoms with E-state index in [0.29, 0.717) is 24.9 Å². The van der Waals surface area contributed by atoms with Gasteiger partial charge in [0.25, 0.3) is 0 Å². The summed E-state index contributed by atoms with van der Waals surface area (Å²) in [6.45, 7) is 2.77. The molecule has 6 heteroatoms. The number of benzene rings is 2. The Balaban J connectivity index is 1.50. The maximum absolute atomic E-state index is 13.6. The number of hydrogen-bond acceptors (Lipinski definition) is 2. The SMILES string of the molecule is Cc1ccc(CN2C(=O)CCC2CC(=O)NCCc2ccc(F)cc2F)cc1. The molecule has 0 spiro atoms. The lowest BCUT2D eigenvalue weighted by molar-refractivity contribution is -0.130. The van der Waals surface area contributed by atoms with E-state index in [1.807, 2.05) is 31.2 Å². The molecule has 2 amide bonds. The summed E-state index contributed by atoms with van der Waals surface area (Å²) >= 11 is 0. The van der Waals surface area contributed by atoms with Crippen LogP contribution in [0.3, 0.4) is 0 Å². The third-order valence-electron chi connectivity index (χ3n) is 5.08. The Morgan fingerprint density at radius 3 is 2.64 bits per heavy atom. The minimum Gasteiger partial charge on any atom is -0.356 e. The van der Waals surface area contributed by atoms with E-state index in [0.717, 1.165) is 17.2 Å². The second kappa shape index (κ2) is 8.95. The summed E-state index contributed by atoms with van der Waals surface area (Å²) in [5, 5.41) is 2.77. The Hall–Kier alpha value is -2.76. The van der Waals surface area contributed by atoms with Crippen molar-refractivity contribution in [2.45, 2.75) is 45.2 Å². The van der Waals surface area contributed by atoms with Crippen molar-refractivity contribution >= 4 is 11.8 Å². The second-order valence-corrected chi connectivity index (χ2v) is 7.24. The van der Waals surface area contributed by atoms with Crippen LogP contribution < -0.4 is 5.32 Å². The predicted octanol–water partition coefficient (Wildman–Crippen LogP) is 3.51. The first kappa shape index (κ1) is 20.0. The van der Waals surface area contributed by atoms with Crippen LogP contribution in [-0.4, -0.2) is 29.3 Å². The summed E-state index contributed by atoms with van der Waals surface area (Å²) in [6.07, 6.45) is 1.62. The van der Waals surface area contributed by atoms with Crippen LogP contribution in [0.2, 0.25) is 0 Å². The van der Waals surface area contributed by atoms with Crippen molar-refractivity contribution < 1.29 is 18.4 Å². The molecule has 0 bridgehead atoms. The van der Waals surface area contributed by atoms with Crippen LogP contribution in [0.1, 0.15) is 36.0 Å². The van der Waals surface area contributed by atoms with Crippen LogP contribution in [0.4, 0.5) is 8.78 Å². The van der Waals surface area contributed by atoms with Gasteiger partial charge in [-0.25, -0.2) is 8.78 Å². The van der Waals surface area contributed by atoms with E-state index in [1.54, 1.807) is 4.90 Å². The Morgan fingerprint density at radius 1 is 1.18 bits per heavy atom. The number of aryl methyl sites for hydroxylation is 1. The molecule has 0 aromatic heterocycles. The number of carbonyl (C=O) groups is 2. The van der Waals surface area contributed by atoms with Gasteiger partial charge in [0.1, 0.15) is 11.6 Å². The first-order valence-electron chi connectivity index (χ1n) is 9.48. The molecular weight excluding hydrogens is 362 g/mol. The zero-order chi connectivity index (χ0) is 20.1. The van der Waals surface area contributed by atoms with Crippen LogP contribution in [-0.2, 0) is 22.6 Å². The van der Waals surface area contributed by atoms with Crippen molar-refractivity contribution in [2.75, 3.05) is 6.54 Å². The Morgan fingerprint density at radius 2 is 1.93 bits per heavy atom. The maximum Gasteiger partial charge on any atom is 0.223 e. The molecule has 28 heavy (non-hydrogen) atoms. The molecule has 2 aromatic carbocycles. The van der Waals surface area contributed by atoms with Gasteiger partial charge in [-0.2, -0.15) is 0 Å². The van der Waals surface area contributed by atoms with Crippen molar-refractivity contribution in [2.24, 2.45) is 0 Å². The number of hydrogen-bond donors (Lipinski definition) is 1. The first-order valence-corrected chi connectivity index (χ1v) is 9.48. The Kier molecular flexibility index (Phi) is 6.39. The van der Waals surface area contributed by atoms with E-state index in [1.165, 1.54) is 12.1 Å². The highest BCUT2D eigenvalue weighted by Crippen LogP contribution is 2.24. The first-order chi connectivity index (χ1) is 13.4. The molecule has 1 aliphatic rings.